The summed E-state index contributed by atoms with van der Waals surface area (Å²) >= 11 is 0. The molecule has 0 spiro atoms. The highest BCUT2D eigenvalue weighted by molar-refractivity contribution is 5.83. The molecular formula is C23H26FNO2. The molecule has 27 heavy (non-hydrogen) atoms. The Bertz CT molecular complexity index is 822. The molecule has 1 amide bonds. The molecule has 0 N–H and O–H groups in total. The number of nitrogens with zero attached hydrogens (tertiary/aromatic N) is 1. The van der Waals surface area contributed by atoms with Gasteiger partial charge in [-0.25, -0.2) is 4.39 Å². The molecule has 1 saturated carbocycles. The molecule has 2 unspecified atom stereocenters. The topological polar surface area (TPSA) is 29.5 Å². The van der Waals surface area contributed by atoms with Crippen molar-refractivity contribution in [3.63, 3.8) is 0 Å². The molecule has 0 aromatic heterocycles. The van der Waals surface area contributed by atoms with Crippen molar-refractivity contribution in [1.29, 1.82) is 0 Å². The molecule has 4 heteroatoms. The van der Waals surface area contributed by atoms with Gasteiger partial charge >= 0.3 is 0 Å². The summed E-state index contributed by atoms with van der Waals surface area (Å²) in [6.45, 7) is 5.57. The van der Waals surface area contributed by atoms with Crippen LogP contribution in [0.15, 0.2) is 42.5 Å². The van der Waals surface area contributed by atoms with E-state index in [0.717, 1.165) is 49.2 Å². The molecule has 0 radical (unpaired) electrons. The van der Waals surface area contributed by atoms with E-state index in [9.17, 15) is 9.18 Å². The van der Waals surface area contributed by atoms with Crippen LogP contribution in [-0.2, 0) is 4.79 Å². The summed E-state index contributed by atoms with van der Waals surface area (Å²) < 4.78 is 20.2. The van der Waals surface area contributed by atoms with Crippen molar-refractivity contribution in [2.75, 3.05) is 13.1 Å². The number of hydrogen-bond donors (Lipinski definition) is 0. The maximum Gasteiger partial charge on any atom is 0.226 e. The third-order valence-electron chi connectivity index (χ3n) is 5.86. The van der Waals surface area contributed by atoms with E-state index >= 15 is 0 Å². The summed E-state index contributed by atoms with van der Waals surface area (Å²) in [5, 5.41) is 0. The monoisotopic (exact) mass is 367 g/mol. The van der Waals surface area contributed by atoms with Gasteiger partial charge < -0.3 is 9.64 Å². The molecule has 3 nitrogen and oxygen atoms in total. The minimum Gasteiger partial charge on any atom is -0.490 e. The first-order chi connectivity index (χ1) is 13.0. The number of aryl methyl sites for hydroxylation is 2. The van der Waals surface area contributed by atoms with Gasteiger partial charge in [0.05, 0.1) is 0 Å². The van der Waals surface area contributed by atoms with Crippen LogP contribution in [0.5, 0.6) is 5.75 Å². The van der Waals surface area contributed by atoms with E-state index in [0.29, 0.717) is 5.56 Å². The maximum absolute atomic E-state index is 13.9. The Labute approximate surface area is 160 Å². The Kier molecular flexibility index (Phi) is 4.90. The quantitative estimate of drug-likeness (QED) is 0.789. The highest BCUT2D eigenvalue weighted by atomic mass is 19.1. The van der Waals surface area contributed by atoms with Gasteiger partial charge in [-0.15, -0.1) is 0 Å². The van der Waals surface area contributed by atoms with Crippen LogP contribution in [0.4, 0.5) is 4.39 Å². The van der Waals surface area contributed by atoms with E-state index < -0.39 is 0 Å². The zero-order chi connectivity index (χ0) is 19.0. The van der Waals surface area contributed by atoms with Crippen molar-refractivity contribution < 1.29 is 13.9 Å². The molecule has 0 bridgehead atoms. The average molecular weight is 367 g/mol. The van der Waals surface area contributed by atoms with Crippen LogP contribution >= 0.6 is 0 Å². The lowest BCUT2D eigenvalue weighted by atomic mass is 10.0. The second-order valence-corrected chi connectivity index (χ2v) is 7.83. The van der Waals surface area contributed by atoms with Gasteiger partial charge in [-0.05, 0) is 48.9 Å². The van der Waals surface area contributed by atoms with Crippen LogP contribution in [0.1, 0.15) is 41.9 Å². The van der Waals surface area contributed by atoms with E-state index in [1.54, 1.807) is 12.1 Å². The Hall–Kier alpha value is -2.36. The van der Waals surface area contributed by atoms with E-state index in [2.05, 4.69) is 26.0 Å². The van der Waals surface area contributed by atoms with Crippen LogP contribution < -0.4 is 4.74 Å². The molecule has 1 aliphatic carbocycles. The Morgan fingerprint density at radius 2 is 1.70 bits per heavy atom. The Balaban J connectivity index is 1.32. The normalized spacial score (nSPS) is 22.6. The zero-order valence-electron chi connectivity index (χ0n) is 16.0. The number of likely N-dealkylation sites (tertiary alicyclic amines) is 1. The summed E-state index contributed by atoms with van der Waals surface area (Å²) in [6.07, 6.45) is 2.60. The fourth-order valence-electron chi connectivity index (χ4n) is 4.17. The predicted molar refractivity (Wildman–Crippen MR) is 103 cm³/mol. The molecule has 2 aromatic rings. The molecule has 2 atom stereocenters. The zero-order valence-corrected chi connectivity index (χ0v) is 16.0. The first-order valence-electron chi connectivity index (χ1n) is 9.80. The number of piperidine rings is 1. The van der Waals surface area contributed by atoms with Crippen LogP contribution in [0.25, 0.3) is 0 Å². The summed E-state index contributed by atoms with van der Waals surface area (Å²) in [5.41, 5.74) is 2.99. The lowest BCUT2D eigenvalue weighted by molar-refractivity contribution is -0.134. The number of benzene rings is 2. The lowest BCUT2D eigenvalue weighted by Crippen LogP contribution is -2.42. The Morgan fingerprint density at radius 3 is 2.37 bits per heavy atom. The van der Waals surface area contributed by atoms with Gasteiger partial charge in [0.1, 0.15) is 17.7 Å². The molecule has 2 aromatic carbocycles. The van der Waals surface area contributed by atoms with Crippen LogP contribution in [-0.4, -0.2) is 30.0 Å². The predicted octanol–water partition coefficient (Wildman–Crippen LogP) is 4.62. The largest absolute Gasteiger partial charge is 0.490 e. The number of carbonyl (C=O) groups is 1. The van der Waals surface area contributed by atoms with Gasteiger partial charge in [-0.2, -0.15) is 0 Å². The van der Waals surface area contributed by atoms with Gasteiger partial charge in [-0.1, -0.05) is 36.4 Å². The second-order valence-electron chi connectivity index (χ2n) is 7.83. The molecule has 2 aliphatic rings. The maximum atomic E-state index is 13.9. The highest BCUT2D eigenvalue weighted by Gasteiger charge is 2.47. The molecule has 1 aliphatic heterocycles. The summed E-state index contributed by atoms with van der Waals surface area (Å²) in [7, 11) is 0. The minimum absolute atomic E-state index is 0.0438. The van der Waals surface area contributed by atoms with Crippen molar-refractivity contribution >= 4 is 5.91 Å². The van der Waals surface area contributed by atoms with Gasteiger partial charge in [0.2, 0.25) is 5.91 Å². The molecule has 2 fully saturated rings. The summed E-state index contributed by atoms with van der Waals surface area (Å²) in [5.74, 6) is 0.941. The third kappa shape index (κ3) is 3.71. The van der Waals surface area contributed by atoms with Crippen molar-refractivity contribution in [2.45, 2.75) is 45.1 Å². The van der Waals surface area contributed by atoms with E-state index in [1.807, 2.05) is 17.0 Å². The number of carbonyl (C=O) groups excluding carboxylic acids is 1. The summed E-state index contributed by atoms with van der Waals surface area (Å²) in [6, 6.07) is 13.0. The smallest absolute Gasteiger partial charge is 0.226 e. The van der Waals surface area contributed by atoms with Crippen molar-refractivity contribution in [1.82, 2.24) is 4.90 Å². The number of rotatable bonds is 4. The van der Waals surface area contributed by atoms with E-state index in [-0.39, 0.29) is 29.7 Å². The standard InChI is InChI=1S/C23H26FNO2/c1-15-6-5-7-16(2)22(15)27-17-10-12-25(13-11-17)23(26)20-14-19(20)18-8-3-4-9-21(18)24/h3-9,17,19-20H,10-14H2,1-2H3. The van der Waals surface area contributed by atoms with Crippen LogP contribution in [0.2, 0.25) is 0 Å². The fraction of sp³-hybridized carbons (Fsp3) is 0.435. The Morgan fingerprint density at radius 1 is 1.04 bits per heavy atom. The van der Waals surface area contributed by atoms with Crippen LogP contribution in [0.3, 0.4) is 0 Å². The number of para-hydroxylation sites is 1. The molecule has 142 valence electrons. The average Bonchev–Trinajstić information content (AvgIpc) is 3.46. The fourth-order valence-corrected chi connectivity index (χ4v) is 4.17. The summed E-state index contributed by atoms with van der Waals surface area (Å²) in [4.78, 5) is 14.7. The van der Waals surface area contributed by atoms with E-state index in [4.69, 9.17) is 4.74 Å². The number of halogens is 1. The van der Waals surface area contributed by atoms with Gasteiger partial charge in [0.15, 0.2) is 0 Å². The number of ether oxygens (including phenoxy) is 1. The van der Waals surface area contributed by atoms with Crippen molar-refractivity contribution in [2.24, 2.45) is 5.92 Å². The molecular weight excluding hydrogens is 341 g/mol. The van der Waals surface area contributed by atoms with Crippen LogP contribution in [0, 0.1) is 25.6 Å². The van der Waals surface area contributed by atoms with Gasteiger partial charge in [0, 0.05) is 31.8 Å². The SMILES string of the molecule is Cc1cccc(C)c1OC1CCN(C(=O)C2CC2c2ccccc2F)CC1. The minimum atomic E-state index is -0.196. The first-order valence-corrected chi connectivity index (χ1v) is 9.80. The first kappa shape index (κ1) is 18.0. The van der Waals surface area contributed by atoms with E-state index in [1.165, 1.54) is 6.07 Å². The highest BCUT2D eigenvalue weighted by Crippen LogP contribution is 2.49. The molecule has 1 saturated heterocycles. The van der Waals surface area contributed by atoms with Crippen molar-refractivity contribution in [3.05, 3.63) is 65.0 Å². The molecule has 1 heterocycles. The molecule has 4 rings (SSSR count). The number of hydrogen-bond acceptors (Lipinski definition) is 2. The van der Waals surface area contributed by atoms with Crippen molar-refractivity contribution in [3.8, 4) is 5.75 Å². The number of amides is 1. The van der Waals surface area contributed by atoms with Gasteiger partial charge in [-0.3, -0.25) is 4.79 Å². The second kappa shape index (κ2) is 7.34. The van der Waals surface area contributed by atoms with Gasteiger partial charge in [0.25, 0.3) is 0 Å². The lowest BCUT2D eigenvalue weighted by Gasteiger charge is -2.33. The third-order valence-corrected chi connectivity index (χ3v) is 5.86.